The summed E-state index contributed by atoms with van der Waals surface area (Å²) >= 11 is 0. The number of Topliss-reactive ketones (excluding diaryl/α,β-unsaturated/α-hetero) is 3. The minimum absolute atomic E-state index is 0.0311. The van der Waals surface area contributed by atoms with Crippen molar-refractivity contribution in [1.29, 1.82) is 0 Å². The highest BCUT2D eigenvalue weighted by atomic mass is 19.3. The van der Waals surface area contributed by atoms with Crippen LogP contribution in [0.3, 0.4) is 0 Å². The van der Waals surface area contributed by atoms with E-state index in [-0.39, 0.29) is 71.6 Å². The molecule has 3 aliphatic heterocycles. The van der Waals surface area contributed by atoms with Crippen molar-refractivity contribution in [1.82, 2.24) is 29.3 Å². The summed E-state index contributed by atoms with van der Waals surface area (Å²) in [5.41, 5.74) is 2.41. The van der Waals surface area contributed by atoms with E-state index < -0.39 is 42.0 Å². The quantitative estimate of drug-likeness (QED) is 0.127. The molecule has 1 aromatic carbocycles. The summed E-state index contributed by atoms with van der Waals surface area (Å²) in [4.78, 5) is 97.2. The van der Waals surface area contributed by atoms with Gasteiger partial charge in [0.15, 0.2) is 11.6 Å². The highest BCUT2D eigenvalue weighted by molar-refractivity contribution is 6.23. The van der Waals surface area contributed by atoms with Crippen LogP contribution in [-0.4, -0.2) is 116 Å². The molecule has 2 amide bonds. The van der Waals surface area contributed by atoms with Crippen LogP contribution in [0.2, 0.25) is 0 Å². The number of aryl methyl sites for hydroxylation is 1. The lowest BCUT2D eigenvalue weighted by atomic mass is 9.91. The highest BCUT2D eigenvalue weighted by Crippen LogP contribution is 2.38. The lowest BCUT2D eigenvalue weighted by Crippen LogP contribution is -2.54. The van der Waals surface area contributed by atoms with Crippen LogP contribution >= 0.6 is 0 Å². The normalized spacial score (nSPS) is 19.9. The fourth-order valence-corrected chi connectivity index (χ4v) is 9.58. The van der Waals surface area contributed by atoms with Gasteiger partial charge >= 0.3 is 0 Å². The molecule has 62 heavy (non-hydrogen) atoms. The van der Waals surface area contributed by atoms with E-state index in [9.17, 15) is 28.8 Å². The molecule has 4 aromatic rings. The van der Waals surface area contributed by atoms with Gasteiger partial charge in [-0.1, -0.05) is 12.8 Å². The van der Waals surface area contributed by atoms with Crippen LogP contribution in [0.5, 0.6) is 0 Å². The Morgan fingerprint density at radius 1 is 0.855 bits per heavy atom. The zero-order chi connectivity index (χ0) is 44.0. The number of hydrogen-bond acceptors (Lipinski definition) is 13. The predicted molar refractivity (Wildman–Crippen MR) is 229 cm³/mol. The van der Waals surface area contributed by atoms with E-state index in [4.69, 9.17) is 4.98 Å². The van der Waals surface area contributed by atoms with Gasteiger partial charge in [-0.05, 0) is 89.3 Å². The zero-order valence-electron chi connectivity index (χ0n) is 35.5. The minimum Gasteiger partial charge on any atom is -0.368 e. The topological polar surface area (TPSA) is 171 Å². The summed E-state index contributed by atoms with van der Waals surface area (Å²) in [5, 5.41) is 3.82. The molecule has 8 rings (SSSR count). The Bertz CT molecular complexity index is 2510. The van der Waals surface area contributed by atoms with Crippen LogP contribution in [0.4, 0.5) is 31.9 Å². The molecule has 1 saturated carbocycles. The van der Waals surface area contributed by atoms with Crippen LogP contribution in [0.25, 0.3) is 11.0 Å². The number of aromatic nitrogens is 4. The SMILES string of the molecule is CC(=O)CCC(C(C)=O)N1C(=O)c2ccc(N3CCC(CN4CCN(c5ccc(Nc6ncc7c(C)c(C(C)=O)c(=O)n(C8CCCC8)c7n6)nc5)CC4)C(F)(F)C3)cc2C1=O. The number of halogens is 2. The van der Waals surface area contributed by atoms with Crippen molar-refractivity contribution in [3.05, 3.63) is 75.3 Å². The van der Waals surface area contributed by atoms with Gasteiger partial charge in [0.2, 0.25) is 5.95 Å². The standard InChI is InChI=1S/C45H51F2N9O6/c1-26(57)9-13-37(28(3)58)56-41(60)34-12-10-32(21-35(34)42(56)61)54-16-15-30(45(46,47)25-54)24-52-17-19-53(20-18-52)33-11-14-38(48-22-33)50-44-49-23-36-27(2)39(29(4)59)43(62)55(40(36)51-44)31-7-5-6-8-31/h10-12,14,21-23,30-31,37H,5-9,13,15-20,24-25H2,1-4H3,(H,48,49,50,51). The Morgan fingerprint density at radius 3 is 2.21 bits per heavy atom. The third-order valence-corrected chi connectivity index (χ3v) is 13.0. The molecule has 3 aromatic heterocycles. The number of rotatable bonds is 13. The van der Waals surface area contributed by atoms with Gasteiger partial charge in [-0.15, -0.1) is 0 Å². The van der Waals surface area contributed by atoms with E-state index in [1.807, 2.05) is 12.1 Å². The first kappa shape index (κ1) is 42.7. The molecule has 0 radical (unpaired) electrons. The molecule has 3 fully saturated rings. The van der Waals surface area contributed by atoms with Gasteiger partial charge < -0.3 is 19.9 Å². The summed E-state index contributed by atoms with van der Waals surface area (Å²) in [7, 11) is 0. The Balaban J connectivity index is 0.864. The number of alkyl halides is 2. The molecule has 0 bridgehead atoms. The molecular weight excluding hydrogens is 801 g/mol. The maximum atomic E-state index is 15.8. The lowest BCUT2D eigenvalue weighted by Gasteiger charge is -2.43. The largest absolute Gasteiger partial charge is 0.368 e. The second kappa shape index (κ2) is 17.1. The van der Waals surface area contributed by atoms with Crippen LogP contribution in [-0.2, 0) is 9.59 Å². The first-order valence-corrected chi connectivity index (χ1v) is 21.4. The Labute approximate surface area is 357 Å². The van der Waals surface area contributed by atoms with Crippen LogP contribution < -0.4 is 20.7 Å². The third-order valence-electron chi connectivity index (χ3n) is 13.0. The molecule has 326 valence electrons. The molecule has 2 saturated heterocycles. The number of benzene rings is 1. The predicted octanol–water partition coefficient (Wildman–Crippen LogP) is 5.76. The Kier molecular flexibility index (Phi) is 11.8. The molecule has 2 unspecified atom stereocenters. The number of imide groups is 1. The van der Waals surface area contributed by atoms with E-state index >= 15 is 8.78 Å². The number of hydrogen-bond donors (Lipinski definition) is 1. The Hall–Kier alpha value is -5.97. The van der Waals surface area contributed by atoms with Gasteiger partial charge in [-0.2, -0.15) is 4.98 Å². The van der Waals surface area contributed by atoms with Gasteiger partial charge in [0, 0.05) is 74.9 Å². The van der Waals surface area contributed by atoms with E-state index in [0.29, 0.717) is 60.8 Å². The number of carbonyl (C=O) groups is 5. The smallest absolute Gasteiger partial charge is 0.269 e. The molecular formula is C45H51F2N9O6. The molecule has 15 nitrogen and oxygen atoms in total. The van der Waals surface area contributed by atoms with Gasteiger partial charge in [-0.3, -0.25) is 38.3 Å². The second-order valence-corrected chi connectivity index (χ2v) is 17.2. The van der Waals surface area contributed by atoms with E-state index in [1.165, 1.54) is 32.9 Å². The van der Waals surface area contributed by atoms with Gasteiger partial charge in [0.25, 0.3) is 23.3 Å². The van der Waals surface area contributed by atoms with Crippen molar-refractivity contribution in [2.45, 2.75) is 90.6 Å². The number of ketones is 3. The van der Waals surface area contributed by atoms with E-state index in [2.05, 4.69) is 25.1 Å². The maximum Gasteiger partial charge on any atom is 0.269 e. The lowest BCUT2D eigenvalue weighted by molar-refractivity contribution is -0.121. The third kappa shape index (κ3) is 8.21. The number of piperidine rings is 1. The van der Waals surface area contributed by atoms with Crippen LogP contribution in [0.1, 0.15) is 108 Å². The van der Waals surface area contributed by atoms with E-state index in [0.717, 1.165) is 36.3 Å². The summed E-state index contributed by atoms with van der Waals surface area (Å²) in [5.74, 6) is -5.23. The maximum absolute atomic E-state index is 15.8. The van der Waals surface area contributed by atoms with Crippen molar-refractivity contribution in [2.75, 3.05) is 60.9 Å². The molecule has 4 aliphatic rings. The number of nitrogens with zero attached hydrogens (tertiary/aromatic N) is 8. The summed E-state index contributed by atoms with van der Waals surface area (Å²) in [6, 6.07) is 7.14. The van der Waals surface area contributed by atoms with Crippen LogP contribution in [0, 0.1) is 12.8 Å². The average molecular weight is 852 g/mol. The van der Waals surface area contributed by atoms with Crippen LogP contribution in [0.15, 0.2) is 47.5 Å². The molecule has 6 heterocycles. The molecule has 2 atom stereocenters. The number of nitrogens with one attached hydrogen (secondary N) is 1. The number of fused-ring (bicyclic) bond motifs is 2. The molecule has 1 aliphatic carbocycles. The highest BCUT2D eigenvalue weighted by Gasteiger charge is 2.47. The monoisotopic (exact) mass is 851 g/mol. The summed E-state index contributed by atoms with van der Waals surface area (Å²) in [6.07, 6.45) is 7.40. The van der Waals surface area contributed by atoms with Crippen molar-refractivity contribution >= 4 is 63.3 Å². The second-order valence-electron chi connectivity index (χ2n) is 17.2. The zero-order valence-corrected chi connectivity index (χ0v) is 35.5. The fourth-order valence-electron chi connectivity index (χ4n) is 9.58. The Morgan fingerprint density at radius 2 is 1.56 bits per heavy atom. The van der Waals surface area contributed by atoms with Crippen molar-refractivity contribution < 1.29 is 32.8 Å². The summed E-state index contributed by atoms with van der Waals surface area (Å²) < 4.78 is 33.4. The summed E-state index contributed by atoms with van der Waals surface area (Å²) in [6.45, 7) is 8.32. The molecule has 17 heteroatoms. The first-order chi connectivity index (χ1) is 29.6. The van der Waals surface area contributed by atoms with Gasteiger partial charge in [0.1, 0.15) is 17.2 Å². The number of anilines is 4. The van der Waals surface area contributed by atoms with Crippen molar-refractivity contribution in [2.24, 2.45) is 5.92 Å². The van der Waals surface area contributed by atoms with Crippen molar-refractivity contribution in [3.63, 3.8) is 0 Å². The van der Waals surface area contributed by atoms with Gasteiger partial charge in [-0.25, -0.2) is 18.7 Å². The fraction of sp³-hybridized carbons (Fsp3) is 0.489. The number of pyridine rings is 2. The van der Waals surface area contributed by atoms with E-state index in [1.54, 1.807) is 34.9 Å². The number of carbonyl (C=O) groups excluding carboxylic acids is 5. The first-order valence-electron chi connectivity index (χ1n) is 21.4. The number of amides is 2. The number of piperazine rings is 1. The molecule has 1 N–H and O–H groups in total. The van der Waals surface area contributed by atoms with Gasteiger partial charge in [0.05, 0.1) is 41.2 Å². The molecule has 0 spiro atoms. The average Bonchev–Trinajstić information content (AvgIpc) is 3.85. The minimum atomic E-state index is -3.02. The van der Waals surface area contributed by atoms with Crippen molar-refractivity contribution in [3.8, 4) is 0 Å².